The summed E-state index contributed by atoms with van der Waals surface area (Å²) in [4.78, 5) is 13.1. The van der Waals surface area contributed by atoms with Crippen LogP contribution in [0.2, 0.25) is 0 Å². The molecule has 2 heterocycles. The molecule has 0 atom stereocenters. The van der Waals surface area contributed by atoms with E-state index in [9.17, 15) is 4.79 Å². The van der Waals surface area contributed by atoms with Crippen LogP contribution < -0.4 is 5.32 Å². The summed E-state index contributed by atoms with van der Waals surface area (Å²) in [6.07, 6.45) is 1.82. The van der Waals surface area contributed by atoms with E-state index in [-0.39, 0.29) is 5.91 Å². The number of nitrogens with one attached hydrogen (secondary N) is 1. The molecule has 0 saturated carbocycles. The van der Waals surface area contributed by atoms with Crippen LogP contribution in [0.3, 0.4) is 0 Å². The van der Waals surface area contributed by atoms with Crippen molar-refractivity contribution in [2.24, 2.45) is 0 Å². The van der Waals surface area contributed by atoms with Gasteiger partial charge in [-0.05, 0) is 23.1 Å². The van der Waals surface area contributed by atoms with Gasteiger partial charge in [0.05, 0.1) is 5.03 Å². The first-order chi connectivity index (χ1) is 11.2. The number of thiophene rings is 1. The summed E-state index contributed by atoms with van der Waals surface area (Å²) in [6, 6.07) is 13.6. The molecule has 0 saturated heterocycles. The van der Waals surface area contributed by atoms with Crippen molar-refractivity contribution in [1.29, 1.82) is 0 Å². The van der Waals surface area contributed by atoms with E-state index in [0.717, 1.165) is 10.4 Å². The molecule has 1 N–H and O–H groups in total. The standard InChI is InChI=1S/C16H12ClN3OS2/c17-13(9-12-7-4-8-22-12)15-19-20-16(23-15)14(21)18-10-11-5-2-1-3-6-11/h1-9H,10H2,(H,18,21)/b13-9-. The van der Waals surface area contributed by atoms with Gasteiger partial charge in [-0.1, -0.05) is 59.3 Å². The molecule has 4 nitrogen and oxygen atoms in total. The molecule has 3 rings (SSSR count). The van der Waals surface area contributed by atoms with Gasteiger partial charge in [0.2, 0.25) is 5.01 Å². The molecule has 0 aliphatic carbocycles. The summed E-state index contributed by atoms with van der Waals surface area (Å²) in [7, 11) is 0. The van der Waals surface area contributed by atoms with Gasteiger partial charge in [-0.3, -0.25) is 4.79 Å². The van der Waals surface area contributed by atoms with E-state index in [4.69, 9.17) is 11.6 Å². The van der Waals surface area contributed by atoms with Crippen molar-refractivity contribution in [2.75, 3.05) is 0 Å². The second-order valence-electron chi connectivity index (χ2n) is 4.59. The average molecular weight is 362 g/mol. The maximum absolute atomic E-state index is 12.1. The number of rotatable bonds is 5. The zero-order chi connectivity index (χ0) is 16.1. The van der Waals surface area contributed by atoms with Gasteiger partial charge in [-0.2, -0.15) is 0 Å². The molecule has 7 heteroatoms. The third kappa shape index (κ3) is 4.25. The number of amides is 1. The van der Waals surface area contributed by atoms with Gasteiger partial charge in [-0.15, -0.1) is 21.5 Å². The fourth-order valence-electron chi connectivity index (χ4n) is 1.83. The third-order valence-corrected chi connectivity index (χ3v) is 5.11. The van der Waals surface area contributed by atoms with Gasteiger partial charge >= 0.3 is 0 Å². The topological polar surface area (TPSA) is 54.9 Å². The van der Waals surface area contributed by atoms with Crippen LogP contribution in [0.25, 0.3) is 11.1 Å². The van der Waals surface area contributed by atoms with Crippen molar-refractivity contribution in [3.05, 3.63) is 68.3 Å². The quantitative estimate of drug-likeness (QED) is 0.738. The zero-order valence-corrected chi connectivity index (χ0v) is 14.3. The number of aromatic nitrogens is 2. The molecule has 0 aliphatic rings. The van der Waals surface area contributed by atoms with Gasteiger partial charge in [0.1, 0.15) is 0 Å². The first kappa shape index (κ1) is 15.9. The lowest BCUT2D eigenvalue weighted by molar-refractivity contribution is 0.0950. The molecule has 0 radical (unpaired) electrons. The van der Waals surface area contributed by atoms with Crippen LogP contribution in [0.1, 0.15) is 25.3 Å². The lowest BCUT2D eigenvalue weighted by Gasteiger charge is -2.01. The highest BCUT2D eigenvalue weighted by molar-refractivity contribution is 7.15. The summed E-state index contributed by atoms with van der Waals surface area (Å²) in [5, 5.41) is 14.0. The van der Waals surface area contributed by atoms with Crippen molar-refractivity contribution in [3.8, 4) is 0 Å². The maximum atomic E-state index is 12.1. The minimum absolute atomic E-state index is 0.252. The van der Waals surface area contributed by atoms with Gasteiger partial charge < -0.3 is 5.32 Å². The molecular formula is C16H12ClN3OS2. The molecule has 2 aromatic heterocycles. The Morgan fingerprint density at radius 3 is 2.65 bits per heavy atom. The molecule has 23 heavy (non-hydrogen) atoms. The Bertz CT molecular complexity index is 813. The van der Waals surface area contributed by atoms with E-state index in [1.807, 2.05) is 53.9 Å². The van der Waals surface area contributed by atoms with Crippen LogP contribution in [0.4, 0.5) is 0 Å². The molecule has 0 unspecified atom stereocenters. The van der Waals surface area contributed by atoms with Crippen LogP contribution in [0.15, 0.2) is 47.8 Å². The second kappa shape index (κ2) is 7.50. The van der Waals surface area contributed by atoms with Crippen molar-refractivity contribution in [1.82, 2.24) is 15.5 Å². The van der Waals surface area contributed by atoms with Crippen LogP contribution in [-0.2, 0) is 6.54 Å². The molecular weight excluding hydrogens is 350 g/mol. The van der Waals surface area contributed by atoms with Crippen LogP contribution >= 0.6 is 34.3 Å². The van der Waals surface area contributed by atoms with Crippen LogP contribution in [-0.4, -0.2) is 16.1 Å². The third-order valence-electron chi connectivity index (χ3n) is 2.93. The van der Waals surface area contributed by atoms with Gasteiger partial charge in [0, 0.05) is 11.4 Å². The minimum Gasteiger partial charge on any atom is -0.346 e. The summed E-state index contributed by atoms with van der Waals surface area (Å²) >= 11 is 8.99. The average Bonchev–Trinajstić information content (AvgIpc) is 3.25. The van der Waals surface area contributed by atoms with E-state index in [0.29, 0.717) is 21.6 Å². The van der Waals surface area contributed by atoms with E-state index >= 15 is 0 Å². The fourth-order valence-corrected chi connectivity index (χ4v) is 3.49. The first-order valence-corrected chi connectivity index (χ1v) is 8.86. The molecule has 0 bridgehead atoms. The monoisotopic (exact) mass is 361 g/mol. The van der Waals surface area contributed by atoms with E-state index in [1.54, 1.807) is 11.3 Å². The molecule has 1 amide bonds. The predicted octanol–water partition coefficient (Wildman–Crippen LogP) is 4.27. The predicted molar refractivity (Wildman–Crippen MR) is 95.6 cm³/mol. The van der Waals surface area contributed by atoms with Crippen molar-refractivity contribution in [2.45, 2.75) is 6.54 Å². The fraction of sp³-hybridized carbons (Fsp3) is 0.0625. The zero-order valence-electron chi connectivity index (χ0n) is 11.9. The SMILES string of the molecule is O=C(NCc1ccccc1)c1nnc(/C(Cl)=C/c2cccs2)s1. The molecule has 116 valence electrons. The Morgan fingerprint density at radius 2 is 1.91 bits per heavy atom. The van der Waals surface area contributed by atoms with E-state index < -0.39 is 0 Å². The van der Waals surface area contributed by atoms with E-state index in [1.165, 1.54) is 11.3 Å². The highest BCUT2D eigenvalue weighted by Gasteiger charge is 2.14. The van der Waals surface area contributed by atoms with Crippen LogP contribution in [0.5, 0.6) is 0 Å². The Balaban J connectivity index is 1.65. The Hall–Kier alpha value is -2.02. The highest BCUT2D eigenvalue weighted by Crippen LogP contribution is 2.26. The normalized spacial score (nSPS) is 11.4. The lowest BCUT2D eigenvalue weighted by Crippen LogP contribution is -2.22. The summed E-state index contributed by atoms with van der Waals surface area (Å²) < 4.78 is 0. The summed E-state index contributed by atoms with van der Waals surface area (Å²) in [5.41, 5.74) is 1.03. The molecule has 0 fully saturated rings. The Labute approximate surface area is 146 Å². The molecule has 1 aromatic carbocycles. The number of nitrogens with zero attached hydrogens (tertiary/aromatic N) is 2. The minimum atomic E-state index is -0.252. The molecule has 0 spiro atoms. The Kier molecular flexibility index (Phi) is 5.17. The number of halogens is 1. The van der Waals surface area contributed by atoms with Crippen molar-refractivity contribution in [3.63, 3.8) is 0 Å². The molecule has 3 aromatic rings. The van der Waals surface area contributed by atoms with E-state index in [2.05, 4.69) is 15.5 Å². The summed E-state index contributed by atoms with van der Waals surface area (Å²) in [6.45, 7) is 0.452. The van der Waals surface area contributed by atoms with Gasteiger partial charge in [0.15, 0.2) is 5.01 Å². The number of benzene rings is 1. The van der Waals surface area contributed by atoms with Crippen molar-refractivity contribution < 1.29 is 4.79 Å². The number of carbonyl (C=O) groups excluding carboxylic acids is 1. The van der Waals surface area contributed by atoms with Gasteiger partial charge in [0.25, 0.3) is 5.91 Å². The lowest BCUT2D eigenvalue weighted by atomic mass is 10.2. The molecule has 0 aliphatic heterocycles. The highest BCUT2D eigenvalue weighted by atomic mass is 35.5. The number of hydrogen-bond acceptors (Lipinski definition) is 5. The number of carbonyl (C=O) groups is 1. The smallest absolute Gasteiger partial charge is 0.282 e. The Morgan fingerprint density at radius 1 is 1.13 bits per heavy atom. The number of hydrogen-bond donors (Lipinski definition) is 1. The van der Waals surface area contributed by atoms with Crippen molar-refractivity contribution >= 4 is 51.3 Å². The summed E-state index contributed by atoms with van der Waals surface area (Å²) in [5.74, 6) is -0.252. The van der Waals surface area contributed by atoms with Crippen LogP contribution in [0, 0.1) is 0 Å². The second-order valence-corrected chi connectivity index (χ2v) is 6.95. The first-order valence-electron chi connectivity index (χ1n) is 6.79. The van der Waals surface area contributed by atoms with Gasteiger partial charge in [-0.25, -0.2) is 0 Å². The maximum Gasteiger partial charge on any atom is 0.282 e. The largest absolute Gasteiger partial charge is 0.346 e.